The highest BCUT2D eigenvalue weighted by molar-refractivity contribution is 7.15. The first kappa shape index (κ1) is 23.9. The first-order chi connectivity index (χ1) is 16.1. The number of carbonyl (C=O) groups is 1. The van der Waals surface area contributed by atoms with E-state index >= 15 is 0 Å². The molecule has 34 heavy (non-hydrogen) atoms. The number of benzene rings is 1. The van der Waals surface area contributed by atoms with Gasteiger partial charge in [0, 0.05) is 21.6 Å². The van der Waals surface area contributed by atoms with Crippen molar-refractivity contribution in [1.29, 1.82) is 0 Å². The molecule has 2 aromatic heterocycles. The molecule has 0 aliphatic carbocycles. The molecular weight excluding hydrogens is 446 g/mol. The van der Waals surface area contributed by atoms with Crippen LogP contribution in [0.5, 0.6) is 0 Å². The minimum Gasteiger partial charge on any atom is -0.460 e. The molecular formula is C26H29N5O2S. The summed E-state index contributed by atoms with van der Waals surface area (Å²) in [6.45, 7) is 12.0. The summed E-state index contributed by atoms with van der Waals surface area (Å²) < 4.78 is 7.64. The number of ether oxygens (including phenoxy) is 1. The van der Waals surface area contributed by atoms with Gasteiger partial charge < -0.3 is 10.5 Å². The molecule has 0 saturated heterocycles. The Labute approximate surface area is 204 Å². The maximum Gasteiger partial charge on any atom is 0.308 e. The number of nitrogens with zero attached hydrogens (tertiary/aromatic N) is 4. The third kappa shape index (κ3) is 4.67. The number of nitrogens with two attached hydrogens (primary N) is 1. The Morgan fingerprint density at radius 2 is 1.88 bits per heavy atom. The number of aryl methyl sites for hydroxylation is 2. The quantitative estimate of drug-likeness (QED) is 0.453. The van der Waals surface area contributed by atoms with E-state index in [0.717, 1.165) is 38.8 Å². The summed E-state index contributed by atoms with van der Waals surface area (Å²) in [4.78, 5) is 19.1. The lowest BCUT2D eigenvalue weighted by Crippen LogP contribution is -2.25. The summed E-state index contributed by atoms with van der Waals surface area (Å²) in [6.07, 6.45) is 0.0753. The molecule has 0 fully saturated rings. The van der Waals surface area contributed by atoms with Crippen molar-refractivity contribution < 1.29 is 9.53 Å². The van der Waals surface area contributed by atoms with Crippen LogP contribution in [0.15, 0.2) is 29.3 Å². The van der Waals surface area contributed by atoms with Gasteiger partial charge in [0.25, 0.3) is 0 Å². The first-order valence-corrected chi connectivity index (χ1v) is 12.0. The van der Waals surface area contributed by atoms with Crippen LogP contribution < -0.4 is 5.73 Å². The Bertz CT molecular complexity index is 1330. The van der Waals surface area contributed by atoms with Gasteiger partial charge in [-0.15, -0.1) is 21.5 Å². The molecule has 2 N–H and O–H groups in total. The van der Waals surface area contributed by atoms with Crippen LogP contribution in [-0.2, 0) is 9.53 Å². The summed E-state index contributed by atoms with van der Waals surface area (Å²) in [5.41, 5.74) is 9.79. The number of hydrogen-bond donors (Lipinski definition) is 1. The lowest BCUT2D eigenvalue weighted by atomic mass is 9.98. The Kier molecular flexibility index (Phi) is 6.43. The Hall–Kier alpha value is -3.28. The molecule has 7 nitrogen and oxygen atoms in total. The number of hydrogen-bond acceptors (Lipinski definition) is 7. The molecule has 4 rings (SSSR count). The van der Waals surface area contributed by atoms with Crippen LogP contribution in [0.2, 0.25) is 0 Å². The summed E-state index contributed by atoms with van der Waals surface area (Å²) in [6, 6.07) is 7.43. The molecule has 0 amide bonds. The van der Waals surface area contributed by atoms with Gasteiger partial charge in [-0.3, -0.25) is 14.4 Å². The van der Waals surface area contributed by atoms with Crippen LogP contribution in [0.4, 0.5) is 0 Å². The smallest absolute Gasteiger partial charge is 0.308 e. The third-order valence-electron chi connectivity index (χ3n) is 5.51. The minimum atomic E-state index is -0.579. The fraction of sp³-hybridized carbons (Fsp3) is 0.385. The zero-order valence-corrected chi connectivity index (χ0v) is 21.2. The van der Waals surface area contributed by atoms with E-state index in [1.807, 2.05) is 56.5 Å². The zero-order valence-electron chi connectivity index (χ0n) is 20.4. The first-order valence-electron chi connectivity index (χ1n) is 11.2. The SMILES string of the molecule is Cc1sc2c(c1C)C(c1ccc(C#CCN)cc1)=N[C@H](CC(=O)OC(C)(C)C)c1nnc(C)n1-2. The highest BCUT2D eigenvalue weighted by Gasteiger charge is 2.33. The van der Waals surface area contributed by atoms with Crippen molar-refractivity contribution in [2.24, 2.45) is 10.7 Å². The second-order valence-electron chi connectivity index (χ2n) is 9.27. The molecule has 1 aromatic carbocycles. The molecule has 0 unspecified atom stereocenters. The van der Waals surface area contributed by atoms with E-state index in [1.165, 1.54) is 4.88 Å². The second-order valence-corrected chi connectivity index (χ2v) is 10.5. The van der Waals surface area contributed by atoms with Crippen molar-refractivity contribution >= 4 is 23.0 Å². The molecule has 0 saturated carbocycles. The number of esters is 1. The van der Waals surface area contributed by atoms with Crippen LogP contribution >= 0.6 is 11.3 Å². The highest BCUT2D eigenvalue weighted by atomic mass is 32.1. The van der Waals surface area contributed by atoms with Crippen LogP contribution in [-0.4, -0.2) is 38.6 Å². The number of aliphatic imine (C=N–C) groups is 1. The fourth-order valence-electron chi connectivity index (χ4n) is 3.93. The van der Waals surface area contributed by atoms with Crippen molar-refractivity contribution in [3.8, 4) is 16.8 Å². The van der Waals surface area contributed by atoms with E-state index in [-0.39, 0.29) is 12.4 Å². The largest absolute Gasteiger partial charge is 0.460 e. The van der Waals surface area contributed by atoms with Gasteiger partial charge in [-0.1, -0.05) is 24.0 Å². The number of aromatic nitrogens is 3. The van der Waals surface area contributed by atoms with Gasteiger partial charge in [0.2, 0.25) is 0 Å². The molecule has 1 atom stereocenters. The summed E-state index contributed by atoms with van der Waals surface area (Å²) >= 11 is 1.68. The lowest BCUT2D eigenvalue weighted by molar-refractivity contribution is -0.155. The van der Waals surface area contributed by atoms with E-state index in [1.54, 1.807) is 11.3 Å². The number of thiophene rings is 1. The fourth-order valence-corrected chi connectivity index (χ4v) is 5.14. The van der Waals surface area contributed by atoms with Gasteiger partial charge in [-0.25, -0.2) is 0 Å². The Morgan fingerprint density at radius 1 is 1.18 bits per heavy atom. The molecule has 8 heteroatoms. The van der Waals surface area contributed by atoms with Crippen LogP contribution in [0, 0.1) is 32.6 Å². The van der Waals surface area contributed by atoms with Crippen molar-refractivity contribution in [3.63, 3.8) is 0 Å². The average molecular weight is 476 g/mol. The standard InChI is InChI=1S/C26H29N5O2S/c1-15-16(2)34-25-22(15)23(19-11-9-18(10-12-19)8-7-13-27)28-20(14-21(32)33-26(4,5)6)24-30-29-17(3)31(24)25/h9-12,20H,13-14,27H2,1-6H3/t20-/m1/s1. The highest BCUT2D eigenvalue weighted by Crippen LogP contribution is 2.39. The van der Waals surface area contributed by atoms with E-state index in [2.05, 4.69) is 35.9 Å². The van der Waals surface area contributed by atoms with Crippen molar-refractivity contribution in [2.45, 2.75) is 59.6 Å². The Morgan fingerprint density at radius 3 is 2.53 bits per heavy atom. The summed E-state index contributed by atoms with van der Waals surface area (Å²) in [7, 11) is 0. The summed E-state index contributed by atoms with van der Waals surface area (Å²) in [5.74, 6) is 7.03. The molecule has 3 heterocycles. The third-order valence-corrected chi connectivity index (χ3v) is 6.71. The molecule has 176 valence electrons. The topological polar surface area (TPSA) is 95.4 Å². The maximum absolute atomic E-state index is 12.8. The van der Waals surface area contributed by atoms with Gasteiger partial charge >= 0.3 is 5.97 Å². The van der Waals surface area contributed by atoms with E-state index in [0.29, 0.717) is 12.4 Å². The van der Waals surface area contributed by atoms with Crippen molar-refractivity contribution in [2.75, 3.05) is 6.54 Å². The van der Waals surface area contributed by atoms with E-state index < -0.39 is 11.6 Å². The van der Waals surface area contributed by atoms with Gasteiger partial charge in [0.15, 0.2) is 5.82 Å². The minimum absolute atomic E-state index is 0.0753. The summed E-state index contributed by atoms with van der Waals surface area (Å²) in [5, 5.41) is 9.77. The normalized spacial score (nSPS) is 14.9. The average Bonchev–Trinajstić information content (AvgIpc) is 3.24. The van der Waals surface area contributed by atoms with E-state index in [4.69, 9.17) is 15.5 Å². The van der Waals surface area contributed by atoms with Gasteiger partial charge in [0.05, 0.1) is 18.7 Å². The van der Waals surface area contributed by atoms with Crippen LogP contribution in [0.1, 0.15) is 72.0 Å². The molecule has 0 spiro atoms. The molecule has 1 aliphatic rings. The number of rotatable bonds is 3. The van der Waals surface area contributed by atoms with Gasteiger partial charge in [0.1, 0.15) is 22.5 Å². The zero-order chi connectivity index (χ0) is 24.6. The predicted octanol–water partition coefficient (Wildman–Crippen LogP) is 4.19. The van der Waals surface area contributed by atoms with Crippen LogP contribution in [0.25, 0.3) is 5.00 Å². The molecule has 0 bridgehead atoms. The van der Waals surface area contributed by atoms with Gasteiger partial charge in [-0.2, -0.15) is 0 Å². The predicted molar refractivity (Wildman–Crippen MR) is 135 cm³/mol. The monoisotopic (exact) mass is 475 g/mol. The lowest BCUT2D eigenvalue weighted by Gasteiger charge is -2.21. The molecule has 1 aliphatic heterocycles. The Balaban J connectivity index is 1.88. The van der Waals surface area contributed by atoms with Crippen molar-refractivity contribution in [3.05, 3.63) is 63.0 Å². The second kappa shape index (κ2) is 9.16. The van der Waals surface area contributed by atoms with E-state index in [9.17, 15) is 4.79 Å². The number of carbonyl (C=O) groups excluding carboxylic acids is 1. The number of fused-ring (bicyclic) bond motifs is 3. The van der Waals surface area contributed by atoms with Crippen LogP contribution in [0.3, 0.4) is 0 Å². The maximum atomic E-state index is 12.8. The molecule has 3 aromatic rings. The van der Waals surface area contributed by atoms with Gasteiger partial charge in [-0.05, 0) is 59.2 Å². The molecule has 0 radical (unpaired) electrons. The van der Waals surface area contributed by atoms with Crippen molar-refractivity contribution in [1.82, 2.24) is 14.8 Å².